The van der Waals surface area contributed by atoms with Gasteiger partial charge in [0.1, 0.15) is 5.76 Å². The Morgan fingerprint density at radius 3 is 2.64 bits per heavy atom. The van der Waals surface area contributed by atoms with Crippen molar-refractivity contribution in [1.82, 2.24) is 9.72 Å². The molecule has 0 fully saturated rings. The third-order valence-corrected chi connectivity index (χ3v) is 5.61. The monoisotopic (exact) mass is 418 g/mol. The molecule has 2 aromatic heterocycles. The quantitative estimate of drug-likeness (QED) is 0.318. The first kappa shape index (κ1) is 20.2. The molecule has 0 N–H and O–H groups in total. The summed E-state index contributed by atoms with van der Waals surface area (Å²) in [4.78, 5) is 25.3. The summed E-state index contributed by atoms with van der Waals surface area (Å²) >= 11 is 7.33. The Kier molecular flexibility index (Phi) is 6.26. The lowest BCUT2D eigenvalue weighted by Crippen LogP contribution is -2.16. The van der Waals surface area contributed by atoms with Gasteiger partial charge in [0.05, 0.1) is 10.8 Å². The van der Waals surface area contributed by atoms with Gasteiger partial charge in [-0.3, -0.25) is 14.2 Å². The van der Waals surface area contributed by atoms with Crippen LogP contribution in [0.4, 0.5) is 0 Å². The number of ketones is 1. The van der Waals surface area contributed by atoms with Crippen molar-refractivity contribution in [2.24, 2.45) is 0 Å². The van der Waals surface area contributed by atoms with Crippen LogP contribution in [0.3, 0.4) is 0 Å². The molecule has 28 heavy (non-hydrogen) atoms. The summed E-state index contributed by atoms with van der Waals surface area (Å²) in [6, 6.07) is 10.8. The van der Waals surface area contributed by atoms with Gasteiger partial charge in [0.2, 0.25) is 5.78 Å². The van der Waals surface area contributed by atoms with E-state index < -0.39 is 5.97 Å². The van der Waals surface area contributed by atoms with Crippen LogP contribution >= 0.6 is 23.4 Å². The number of benzene rings is 1. The van der Waals surface area contributed by atoms with E-state index in [4.69, 9.17) is 20.9 Å². The second-order valence-electron chi connectivity index (χ2n) is 6.22. The van der Waals surface area contributed by atoms with Gasteiger partial charge in [-0.15, -0.1) is 11.8 Å². The molecule has 0 spiro atoms. The molecule has 6 nitrogen and oxygen atoms in total. The van der Waals surface area contributed by atoms with E-state index in [2.05, 4.69) is 5.16 Å². The van der Waals surface area contributed by atoms with Gasteiger partial charge >= 0.3 is 5.97 Å². The van der Waals surface area contributed by atoms with Crippen molar-refractivity contribution >= 4 is 35.1 Å². The van der Waals surface area contributed by atoms with Gasteiger partial charge in [-0.05, 0) is 39.0 Å². The number of aryl methyl sites for hydroxylation is 2. The lowest BCUT2D eigenvalue weighted by atomic mass is 10.1. The maximum absolute atomic E-state index is 12.5. The summed E-state index contributed by atoms with van der Waals surface area (Å²) in [5.74, 6) is 0.628. The molecule has 0 aliphatic carbocycles. The summed E-state index contributed by atoms with van der Waals surface area (Å²) in [7, 11) is 0. The molecule has 0 unspecified atom stereocenters. The normalized spacial score (nSPS) is 10.9. The lowest BCUT2D eigenvalue weighted by molar-refractivity contribution is -0.139. The van der Waals surface area contributed by atoms with Crippen molar-refractivity contribution in [3.8, 4) is 5.82 Å². The number of aromatic nitrogens is 2. The molecule has 0 aliphatic rings. The average Bonchev–Trinajstić information content (AvgIpc) is 3.21. The molecule has 0 radical (unpaired) electrons. The highest BCUT2D eigenvalue weighted by atomic mass is 35.5. The maximum atomic E-state index is 12.5. The number of carbonyl (C=O) groups is 2. The Bertz CT molecular complexity index is 1030. The highest BCUT2D eigenvalue weighted by Gasteiger charge is 2.19. The maximum Gasteiger partial charge on any atom is 0.316 e. The smallest absolute Gasteiger partial charge is 0.316 e. The van der Waals surface area contributed by atoms with Gasteiger partial charge in [-0.1, -0.05) is 28.9 Å². The second kappa shape index (κ2) is 8.67. The van der Waals surface area contributed by atoms with Crippen molar-refractivity contribution in [2.45, 2.75) is 25.7 Å². The first-order valence-electron chi connectivity index (χ1n) is 8.55. The molecular formula is C20H19ClN2O4S. The minimum Gasteiger partial charge on any atom is -0.457 e. The predicted molar refractivity (Wildman–Crippen MR) is 108 cm³/mol. The highest BCUT2D eigenvalue weighted by Crippen LogP contribution is 2.26. The van der Waals surface area contributed by atoms with E-state index >= 15 is 0 Å². The number of hydrogen-bond acceptors (Lipinski definition) is 6. The molecule has 2 heterocycles. The zero-order valence-corrected chi connectivity index (χ0v) is 17.3. The second-order valence-corrected chi connectivity index (χ2v) is 7.64. The van der Waals surface area contributed by atoms with Crippen LogP contribution in [0.1, 0.15) is 27.5 Å². The summed E-state index contributed by atoms with van der Waals surface area (Å²) in [6.45, 7) is 5.18. The zero-order chi connectivity index (χ0) is 20.3. The Morgan fingerprint density at radius 1 is 1.21 bits per heavy atom. The van der Waals surface area contributed by atoms with Crippen LogP contribution in [0.15, 0.2) is 45.8 Å². The number of esters is 1. The zero-order valence-electron chi connectivity index (χ0n) is 15.7. The number of Topliss-reactive ketones (excluding diaryl/α,β-unsaturated/α-hetero) is 1. The van der Waals surface area contributed by atoms with Crippen molar-refractivity contribution in [1.29, 1.82) is 0 Å². The van der Waals surface area contributed by atoms with Gasteiger partial charge in [0, 0.05) is 27.9 Å². The number of thioether (sulfide) groups is 1. The van der Waals surface area contributed by atoms with Gasteiger partial charge in [0.25, 0.3) is 0 Å². The molecule has 1 aromatic carbocycles. The number of ether oxygens (including phenoxy) is 1. The fourth-order valence-electron chi connectivity index (χ4n) is 2.82. The third kappa shape index (κ3) is 4.48. The van der Waals surface area contributed by atoms with Crippen LogP contribution < -0.4 is 0 Å². The molecule has 3 rings (SSSR count). The van der Waals surface area contributed by atoms with Crippen LogP contribution in [0.2, 0.25) is 5.02 Å². The van der Waals surface area contributed by atoms with Crippen LogP contribution in [0.5, 0.6) is 0 Å². The third-order valence-electron chi connectivity index (χ3n) is 4.12. The fourth-order valence-corrected chi connectivity index (χ4v) is 3.86. The Morgan fingerprint density at radius 2 is 1.96 bits per heavy atom. The van der Waals surface area contributed by atoms with Crippen molar-refractivity contribution in [2.75, 3.05) is 12.4 Å². The van der Waals surface area contributed by atoms with E-state index in [9.17, 15) is 9.59 Å². The summed E-state index contributed by atoms with van der Waals surface area (Å²) in [5.41, 5.74) is 2.05. The molecule has 0 aliphatic heterocycles. The van der Waals surface area contributed by atoms with Crippen molar-refractivity contribution in [3.05, 3.63) is 64.1 Å². The van der Waals surface area contributed by atoms with Gasteiger partial charge in [0.15, 0.2) is 12.4 Å². The summed E-state index contributed by atoms with van der Waals surface area (Å²) in [6.07, 6.45) is 0. The molecule has 146 valence electrons. The largest absolute Gasteiger partial charge is 0.457 e. The fraction of sp³-hybridized carbons (Fsp3) is 0.250. The first-order valence-corrected chi connectivity index (χ1v) is 9.92. The minimum absolute atomic E-state index is 0.0776. The van der Waals surface area contributed by atoms with Crippen LogP contribution in [0, 0.1) is 20.8 Å². The standard InChI is InChI=1S/C20H19ClN2O4S/c1-12-8-15(14(3)23(12)19-9-13(2)27-22-19)17(24)10-26-20(25)11-28-18-7-5-4-6-16(18)21/h4-9H,10-11H2,1-3H3. The number of halogens is 1. The summed E-state index contributed by atoms with van der Waals surface area (Å²) < 4.78 is 12.1. The van der Waals surface area contributed by atoms with Crippen LogP contribution in [-0.2, 0) is 9.53 Å². The molecular weight excluding hydrogens is 400 g/mol. The number of hydrogen-bond donors (Lipinski definition) is 0. The molecule has 0 saturated heterocycles. The molecule has 0 saturated carbocycles. The van der Waals surface area contributed by atoms with E-state index in [0.717, 1.165) is 16.3 Å². The molecule has 0 amide bonds. The van der Waals surface area contributed by atoms with E-state index in [0.29, 0.717) is 22.2 Å². The average molecular weight is 419 g/mol. The number of carbonyl (C=O) groups excluding carboxylic acids is 2. The Hall–Kier alpha value is -2.51. The van der Waals surface area contributed by atoms with E-state index in [1.165, 1.54) is 11.8 Å². The van der Waals surface area contributed by atoms with Crippen molar-refractivity contribution in [3.63, 3.8) is 0 Å². The van der Waals surface area contributed by atoms with Gasteiger partial charge < -0.3 is 9.26 Å². The summed E-state index contributed by atoms with van der Waals surface area (Å²) in [5, 5.41) is 4.57. The SMILES string of the molecule is Cc1cc(-n2c(C)cc(C(=O)COC(=O)CSc3ccccc3Cl)c2C)no1. The molecule has 3 aromatic rings. The topological polar surface area (TPSA) is 74.3 Å². The number of nitrogens with zero attached hydrogens (tertiary/aromatic N) is 2. The molecule has 0 bridgehead atoms. The van der Waals surface area contributed by atoms with E-state index in [1.807, 2.05) is 36.6 Å². The molecule has 0 atom stereocenters. The lowest BCUT2D eigenvalue weighted by Gasteiger charge is -2.06. The van der Waals surface area contributed by atoms with Crippen LogP contribution in [-0.4, -0.2) is 33.8 Å². The van der Waals surface area contributed by atoms with Gasteiger partial charge in [-0.25, -0.2) is 0 Å². The number of rotatable bonds is 7. The van der Waals surface area contributed by atoms with Crippen LogP contribution in [0.25, 0.3) is 5.82 Å². The van der Waals surface area contributed by atoms with E-state index in [-0.39, 0.29) is 18.1 Å². The van der Waals surface area contributed by atoms with Crippen molar-refractivity contribution < 1.29 is 18.8 Å². The minimum atomic E-state index is -0.473. The highest BCUT2D eigenvalue weighted by molar-refractivity contribution is 8.00. The van der Waals surface area contributed by atoms with E-state index in [1.54, 1.807) is 25.1 Å². The molecule has 8 heteroatoms. The first-order chi connectivity index (χ1) is 13.4. The Balaban J connectivity index is 1.61. The van der Waals surface area contributed by atoms with Gasteiger partial charge in [-0.2, -0.15) is 0 Å². The Labute approximate surface area is 171 Å². The predicted octanol–water partition coefficient (Wildman–Crippen LogP) is 4.56.